The molecule has 54 heavy (non-hydrogen) atoms. The number of fused-ring (bicyclic) bond motifs is 1. The molecule has 0 amide bonds. The fourth-order valence-corrected chi connectivity index (χ4v) is 7.16. The van der Waals surface area contributed by atoms with E-state index in [1.807, 2.05) is 0 Å². The predicted molar refractivity (Wildman–Crippen MR) is 233 cm³/mol. The van der Waals surface area contributed by atoms with E-state index < -0.39 is 0 Å². The van der Waals surface area contributed by atoms with Crippen molar-refractivity contribution in [2.45, 2.75) is 20.8 Å². The van der Waals surface area contributed by atoms with Gasteiger partial charge in [-0.3, -0.25) is 0 Å². The van der Waals surface area contributed by atoms with Gasteiger partial charge in [0.15, 0.2) is 0 Å². The van der Waals surface area contributed by atoms with Crippen molar-refractivity contribution in [1.82, 2.24) is 0 Å². The molecule has 8 aromatic rings. The SMILES string of the molecule is Cc1ccc(C(=Cc2ccc(N(c3ccc(C)cc3)c3ccc(C=C(c4ccccc4)c4ccccc4)c4ccccc34)cc2)c2ccc(C)cc2)cc1. The summed E-state index contributed by atoms with van der Waals surface area (Å²) in [5, 5.41) is 2.40. The van der Waals surface area contributed by atoms with Gasteiger partial charge >= 0.3 is 0 Å². The molecule has 260 valence electrons. The van der Waals surface area contributed by atoms with E-state index in [0.717, 1.165) is 22.6 Å². The summed E-state index contributed by atoms with van der Waals surface area (Å²) in [5.41, 5.74) is 16.6. The second-order valence-corrected chi connectivity index (χ2v) is 14.1. The third-order valence-electron chi connectivity index (χ3n) is 10.1. The van der Waals surface area contributed by atoms with Crippen LogP contribution in [0.15, 0.2) is 194 Å². The largest absolute Gasteiger partial charge is 0.310 e. The van der Waals surface area contributed by atoms with Crippen molar-refractivity contribution >= 4 is 51.1 Å². The molecule has 0 fully saturated rings. The van der Waals surface area contributed by atoms with Crippen molar-refractivity contribution < 1.29 is 0 Å². The summed E-state index contributed by atoms with van der Waals surface area (Å²) in [4.78, 5) is 2.39. The Hall–Kier alpha value is -6.70. The quantitative estimate of drug-likeness (QED) is 0.136. The first kappa shape index (κ1) is 34.4. The van der Waals surface area contributed by atoms with E-state index in [9.17, 15) is 0 Å². The highest BCUT2D eigenvalue weighted by atomic mass is 15.1. The van der Waals surface area contributed by atoms with Gasteiger partial charge in [0.25, 0.3) is 0 Å². The maximum absolute atomic E-state index is 2.39. The van der Waals surface area contributed by atoms with E-state index >= 15 is 0 Å². The monoisotopic (exact) mass is 693 g/mol. The van der Waals surface area contributed by atoms with Crippen molar-refractivity contribution in [3.05, 3.63) is 244 Å². The molecular weight excluding hydrogens is 651 g/mol. The standard InChI is InChI=1S/C53H43N/c1-38-18-26-44(27-19-38)51(45-28-20-39(2)21-29-45)36-41-24-33-48(34-25-41)54(47-31-22-40(3)23-32-47)53-35-30-46(49-16-10-11-17-50(49)53)37-52(42-12-6-4-7-13-42)43-14-8-5-9-15-43/h4-37H,1-3H3. The molecule has 0 spiro atoms. The van der Waals surface area contributed by atoms with Crippen LogP contribution < -0.4 is 4.90 Å². The van der Waals surface area contributed by atoms with Gasteiger partial charge in [-0.05, 0) is 113 Å². The minimum Gasteiger partial charge on any atom is -0.310 e. The molecule has 0 atom stereocenters. The molecule has 1 heteroatoms. The molecule has 0 radical (unpaired) electrons. The molecule has 0 aliphatic heterocycles. The fraction of sp³-hybridized carbons (Fsp3) is 0.0566. The van der Waals surface area contributed by atoms with Gasteiger partial charge in [0, 0.05) is 16.8 Å². The lowest BCUT2D eigenvalue weighted by molar-refractivity contribution is 1.29. The van der Waals surface area contributed by atoms with Crippen LogP contribution in [0.4, 0.5) is 17.1 Å². The molecule has 1 nitrogen and oxygen atoms in total. The Morgan fingerprint density at radius 3 is 1.28 bits per heavy atom. The number of hydrogen-bond acceptors (Lipinski definition) is 1. The normalized spacial score (nSPS) is 10.9. The number of aryl methyl sites for hydroxylation is 3. The number of nitrogens with zero attached hydrogens (tertiary/aromatic N) is 1. The summed E-state index contributed by atoms with van der Waals surface area (Å²) in [6.07, 6.45) is 4.65. The number of hydrogen-bond donors (Lipinski definition) is 0. The summed E-state index contributed by atoms with van der Waals surface area (Å²) in [6.45, 7) is 6.41. The molecular formula is C53H43N. The van der Waals surface area contributed by atoms with Crippen molar-refractivity contribution in [3.8, 4) is 0 Å². The Kier molecular flexibility index (Phi) is 9.87. The average molecular weight is 694 g/mol. The Morgan fingerprint density at radius 2 is 0.759 bits per heavy atom. The lowest BCUT2D eigenvalue weighted by atomic mass is 9.93. The van der Waals surface area contributed by atoms with Crippen molar-refractivity contribution in [3.63, 3.8) is 0 Å². The van der Waals surface area contributed by atoms with Gasteiger partial charge in [0.2, 0.25) is 0 Å². The van der Waals surface area contributed by atoms with Crippen LogP contribution in [-0.4, -0.2) is 0 Å². The number of rotatable bonds is 9. The lowest BCUT2D eigenvalue weighted by Crippen LogP contribution is -2.10. The average Bonchev–Trinajstić information content (AvgIpc) is 3.22. The predicted octanol–water partition coefficient (Wildman–Crippen LogP) is 14.4. The zero-order valence-electron chi connectivity index (χ0n) is 31.1. The summed E-state index contributed by atoms with van der Waals surface area (Å²) < 4.78 is 0. The maximum atomic E-state index is 2.39. The van der Waals surface area contributed by atoms with Gasteiger partial charge < -0.3 is 4.90 Å². The van der Waals surface area contributed by atoms with E-state index in [2.05, 4.69) is 232 Å². The minimum absolute atomic E-state index is 1.10. The van der Waals surface area contributed by atoms with Gasteiger partial charge in [0.1, 0.15) is 0 Å². The summed E-state index contributed by atoms with van der Waals surface area (Å²) in [6, 6.07) is 70.2. The third kappa shape index (κ3) is 7.44. The first-order chi connectivity index (χ1) is 26.5. The van der Waals surface area contributed by atoms with Gasteiger partial charge in [-0.15, -0.1) is 0 Å². The molecule has 0 heterocycles. The Balaban J connectivity index is 1.24. The zero-order valence-corrected chi connectivity index (χ0v) is 31.1. The molecule has 0 unspecified atom stereocenters. The molecule has 8 aromatic carbocycles. The lowest BCUT2D eigenvalue weighted by Gasteiger charge is -2.27. The van der Waals surface area contributed by atoms with Gasteiger partial charge in [-0.25, -0.2) is 0 Å². The zero-order chi connectivity index (χ0) is 36.9. The van der Waals surface area contributed by atoms with Crippen LogP contribution in [-0.2, 0) is 0 Å². The van der Waals surface area contributed by atoms with Crippen LogP contribution in [0, 0.1) is 20.8 Å². The van der Waals surface area contributed by atoms with E-state index in [1.165, 1.54) is 66.4 Å². The van der Waals surface area contributed by atoms with E-state index in [-0.39, 0.29) is 0 Å². The molecule has 0 N–H and O–H groups in total. The maximum Gasteiger partial charge on any atom is 0.0540 e. The molecule has 8 rings (SSSR count). The highest BCUT2D eigenvalue weighted by Gasteiger charge is 2.17. The van der Waals surface area contributed by atoms with Crippen molar-refractivity contribution in [1.29, 1.82) is 0 Å². The second-order valence-electron chi connectivity index (χ2n) is 14.1. The van der Waals surface area contributed by atoms with Gasteiger partial charge in [0.05, 0.1) is 5.69 Å². The van der Waals surface area contributed by atoms with E-state index in [0.29, 0.717) is 0 Å². The third-order valence-corrected chi connectivity index (χ3v) is 10.1. The Bertz CT molecular complexity index is 2470. The summed E-state index contributed by atoms with van der Waals surface area (Å²) >= 11 is 0. The first-order valence-electron chi connectivity index (χ1n) is 18.7. The Labute approximate surface area is 319 Å². The van der Waals surface area contributed by atoms with E-state index in [1.54, 1.807) is 0 Å². The second kappa shape index (κ2) is 15.5. The van der Waals surface area contributed by atoms with Crippen LogP contribution in [0.2, 0.25) is 0 Å². The fourth-order valence-electron chi connectivity index (χ4n) is 7.16. The smallest absolute Gasteiger partial charge is 0.0540 e. The van der Waals surface area contributed by atoms with Crippen molar-refractivity contribution in [2.24, 2.45) is 0 Å². The van der Waals surface area contributed by atoms with Crippen LogP contribution in [0.25, 0.3) is 34.1 Å². The first-order valence-corrected chi connectivity index (χ1v) is 18.7. The summed E-state index contributed by atoms with van der Waals surface area (Å²) in [7, 11) is 0. The molecule has 0 bridgehead atoms. The van der Waals surface area contributed by atoms with Crippen LogP contribution in [0.5, 0.6) is 0 Å². The molecule has 0 aliphatic carbocycles. The van der Waals surface area contributed by atoms with Gasteiger partial charge in [-0.2, -0.15) is 0 Å². The van der Waals surface area contributed by atoms with Crippen LogP contribution in [0.1, 0.15) is 50.1 Å². The van der Waals surface area contributed by atoms with Crippen LogP contribution >= 0.6 is 0 Å². The molecule has 0 aliphatic rings. The van der Waals surface area contributed by atoms with Crippen molar-refractivity contribution in [2.75, 3.05) is 4.90 Å². The van der Waals surface area contributed by atoms with Gasteiger partial charge in [-0.1, -0.05) is 180 Å². The summed E-state index contributed by atoms with van der Waals surface area (Å²) in [5.74, 6) is 0. The highest BCUT2D eigenvalue weighted by Crippen LogP contribution is 2.41. The number of benzene rings is 8. The topological polar surface area (TPSA) is 3.24 Å². The molecule has 0 saturated heterocycles. The van der Waals surface area contributed by atoms with Crippen LogP contribution in [0.3, 0.4) is 0 Å². The number of anilines is 3. The molecule has 0 saturated carbocycles. The minimum atomic E-state index is 1.10. The molecule has 0 aromatic heterocycles. The van der Waals surface area contributed by atoms with E-state index in [4.69, 9.17) is 0 Å². The highest BCUT2D eigenvalue weighted by molar-refractivity contribution is 6.06. The Morgan fingerprint density at radius 1 is 0.352 bits per heavy atom.